The molecule has 0 bridgehead atoms. The molecule has 0 unspecified atom stereocenters. The van der Waals surface area contributed by atoms with E-state index >= 15 is 0 Å². The van der Waals surface area contributed by atoms with Crippen molar-refractivity contribution in [3.05, 3.63) is 48.0 Å². The zero-order valence-corrected chi connectivity index (χ0v) is 10.0. The first-order chi connectivity index (χ1) is 8.27. The van der Waals surface area contributed by atoms with E-state index in [9.17, 15) is 9.59 Å². The number of hydrogen-bond acceptors (Lipinski definition) is 2. The second kappa shape index (κ2) is 7.39. The van der Waals surface area contributed by atoms with E-state index in [2.05, 4.69) is 0 Å². The maximum Gasteiger partial charge on any atom is 0.246 e. The molecule has 0 aliphatic heterocycles. The van der Waals surface area contributed by atoms with Crippen LogP contribution in [0.5, 0.6) is 0 Å². The molecule has 0 saturated heterocycles. The smallest absolute Gasteiger partial charge is 0.246 e. The van der Waals surface area contributed by atoms with Crippen LogP contribution in [0.15, 0.2) is 42.5 Å². The van der Waals surface area contributed by atoms with E-state index in [1.165, 1.54) is 6.08 Å². The maximum absolute atomic E-state index is 11.8. The maximum atomic E-state index is 11.8. The summed E-state index contributed by atoms with van der Waals surface area (Å²) >= 11 is 0. The monoisotopic (exact) mass is 231 g/mol. The number of nitrogens with zero attached hydrogens (tertiary/aromatic N) is 1. The van der Waals surface area contributed by atoms with Gasteiger partial charge in [0.1, 0.15) is 6.29 Å². The lowest BCUT2D eigenvalue weighted by Gasteiger charge is -2.20. The molecule has 1 aromatic carbocycles. The largest absolute Gasteiger partial charge is 0.334 e. The predicted molar refractivity (Wildman–Crippen MR) is 67.4 cm³/mol. The number of allylic oxidation sites excluding steroid dienone is 1. The van der Waals surface area contributed by atoms with Crippen molar-refractivity contribution in [1.82, 2.24) is 4.90 Å². The summed E-state index contributed by atoms with van der Waals surface area (Å²) < 4.78 is 0. The van der Waals surface area contributed by atoms with Crippen LogP contribution in [0, 0.1) is 0 Å². The fraction of sp³-hybridized carbons (Fsp3) is 0.286. The van der Waals surface area contributed by atoms with Crippen molar-refractivity contribution in [2.45, 2.75) is 19.9 Å². The van der Waals surface area contributed by atoms with Crippen LogP contribution in [0.1, 0.15) is 18.9 Å². The third-order valence-corrected chi connectivity index (χ3v) is 2.35. The van der Waals surface area contributed by atoms with Crippen LogP contribution in [0.2, 0.25) is 0 Å². The van der Waals surface area contributed by atoms with Gasteiger partial charge in [-0.3, -0.25) is 4.79 Å². The van der Waals surface area contributed by atoms with Crippen molar-refractivity contribution in [3.63, 3.8) is 0 Å². The number of benzene rings is 1. The van der Waals surface area contributed by atoms with Gasteiger partial charge in [-0.05, 0) is 18.6 Å². The minimum absolute atomic E-state index is 0.0572. The summed E-state index contributed by atoms with van der Waals surface area (Å²) in [6.45, 7) is 2.80. The Morgan fingerprint density at radius 1 is 1.29 bits per heavy atom. The van der Waals surface area contributed by atoms with Gasteiger partial charge in [0.15, 0.2) is 0 Å². The van der Waals surface area contributed by atoms with Crippen molar-refractivity contribution >= 4 is 12.2 Å². The van der Waals surface area contributed by atoms with Crippen LogP contribution >= 0.6 is 0 Å². The first kappa shape index (κ1) is 13.2. The highest BCUT2D eigenvalue weighted by molar-refractivity contribution is 5.87. The molecule has 0 N–H and O–H groups in total. The van der Waals surface area contributed by atoms with Crippen molar-refractivity contribution in [2.24, 2.45) is 0 Å². The highest BCUT2D eigenvalue weighted by atomic mass is 16.2. The minimum Gasteiger partial charge on any atom is -0.334 e. The molecule has 3 nitrogen and oxygen atoms in total. The van der Waals surface area contributed by atoms with Crippen molar-refractivity contribution in [1.29, 1.82) is 0 Å². The third-order valence-electron chi connectivity index (χ3n) is 2.35. The number of carbonyl (C=O) groups is 2. The van der Waals surface area contributed by atoms with Gasteiger partial charge in [0.25, 0.3) is 0 Å². The van der Waals surface area contributed by atoms with Crippen molar-refractivity contribution in [3.8, 4) is 0 Å². The number of amides is 1. The van der Waals surface area contributed by atoms with E-state index in [1.807, 2.05) is 30.3 Å². The van der Waals surface area contributed by atoms with Gasteiger partial charge in [0.2, 0.25) is 5.91 Å². The van der Waals surface area contributed by atoms with Crippen LogP contribution in [0.3, 0.4) is 0 Å². The molecule has 1 amide bonds. The van der Waals surface area contributed by atoms with E-state index in [0.29, 0.717) is 19.5 Å². The summed E-state index contributed by atoms with van der Waals surface area (Å²) in [4.78, 5) is 23.8. The molecule has 0 aromatic heterocycles. The molecular weight excluding hydrogens is 214 g/mol. The average Bonchev–Trinajstić information content (AvgIpc) is 2.36. The average molecular weight is 231 g/mol. The highest BCUT2D eigenvalue weighted by Crippen LogP contribution is 2.05. The SMILES string of the molecule is C/C=C/C(=O)N(CCC=O)Cc1ccccc1. The Hall–Kier alpha value is -1.90. The zero-order chi connectivity index (χ0) is 12.5. The molecule has 17 heavy (non-hydrogen) atoms. The summed E-state index contributed by atoms with van der Waals surface area (Å²) in [7, 11) is 0. The molecule has 0 aliphatic rings. The van der Waals surface area contributed by atoms with Gasteiger partial charge >= 0.3 is 0 Å². The van der Waals surface area contributed by atoms with Crippen LogP contribution in [-0.4, -0.2) is 23.6 Å². The fourth-order valence-corrected chi connectivity index (χ4v) is 1.53. The Morgan fingerprint density at radius 2 is 2.00 bits per heavy atom. The summed E-state index contributed by atoms with van der Waals surface area (Å²) in [5.41, 5.74) is 1.07. The van der Waals surface area contributed by atoms with Gasteiger partial charge < -0.3 is 9.69 Å². The summed E-state index contributed by atoms with van der Waals surface area (Å²) in [6.07, 6.45) is 4.44. The Bertz CT molecular complexity index is 384. The Morgan fingerprint density at radius 3 is 2.59 bits per heavy atom. The van der Waals surface area contributed by atoms with Crippen LogP contribution in [0.25, 0.3) is 0 Å². The van der Waals surface area contributed by atoms with E-state index in [4.69, 9.17) is 0 Å². The number of aldehydes is 1. The van der Waals surface area contributed by atoms with Crippen LogP contribution in [-0.2, 0) is 16.1 Å². The molecule has 0 spiro atoms. The van der Waals surface area contributed by atoms with Crippen LogP contribution in [0.4, 0.5) is 0 Å². The van der Waals surface area contributed by atoms with Crippen molar-refractivity contribution < 1.29 is 9.59 Å². The first-order valence-corrected chi connectivity index (χ1v) is 5.67. The topological polar surface area (TPSA) is 37.4 Å². The fourth-order valence-electron chi connectivity index (χ4n) is 1.53. The Balaban J connectivity index is 2.69. The molecule has 90 valence electrons. The minimum atomic E-state index is -0.0572. The van der Waals surface area contributed by atoms with Gasteiger partial charge in [-0.25, -0.2) is 0 Å². The second-order valence-electron chi connectivity index (χ2n) is 3.70. The lowest BCUT2D eigenvalue weighted by Crippen LogP contribution is -2.30. The van der Waals surface area contributed by atoms with Gasteiger partial charge in [-0.15, -0.1) is 0 Å². The Labute approximate surface area is 102 Å². The zero-order valence-electron chi connectivity index (χ0n) is 10.0. The number of hydrogen-bond donors (Lipinski definition) is 0. The Kier molecular flexibility index (Phi) is 5.72. The lowest BCUT2D eigenvalue weighted by atomic mass is 10.2. The molecule has 0 fully saturated rings. The molecule has 0 aliphatic carbocycles. The number of rotatable bonds is 6. The molecule has 0 atom stereocenters. The van der Waals surface area contributed by atoms with Gasteiger partial charge in [0, 0.05) is 19.5 Å². The third kappa shape index (κ3) is 4.64. The quantitative estimate of drug-likeness (QED) is 0.556. The predicted octanol–water partition coefficient (Wildman–Crippen LogP) is 2.18. The molecule has 1 rings (SSSR count). The highest BCUT2D eigenvalue weighted by Gasteiger charge is 2.10. The van der Waals surface area contributed by atoms with Gasteiger partial charge in [0.05, 0.1) is 0 Å². The summed E-state index contributed by atoms with van der Waals surface area (Å²) in [5.74, 6) is -0.0572. The molecule has 1 aromatic rings. The van der Waals surface area contributed by atoms with E-state index < -0.39 is 0 Å². The summed E-state index contributed by atoms with van der Waals surface area (Å²) in [5, 5.41) is 0. The molecule has 0 saturated carbocycles. The number of carbonyl (C=O) groups excluding carboxylic acids is 2. The van der Waals surface area contributed by atoms with Crippen molar-refractivity contribution in [2.75, 3.05) is 6.54 Å². The standard InChI is InChI=1S/C14H17NO2/c1-2-7-14(17)15(10-6-11-16)12-13-8-4-3-5-9-13/h2-5,7-9,11H,6,10,12H2,1H3/b7-2+. The first-order valence-electron chi connectivity index (χ1n) is 5.67. The molecular formula is C14H17NO2. The van der Waals surface area contributed by atoms with Crippen LogP contribution < -0.4 is 0 Å². The van der Waals surface area contributed by atoms with E-state index in [0.717, 1.165) is 11.8 Å². The second-order valence-corrected chi connectivity index (χ2v) is 3.70. The molecule has 0 radical (unpaired) electrons. The summed E-state index contributed by atoms with van der Waals surface area (Å²) in [6, 6.07) is 9.75. The molecule has 3 heteroatoms. The normalized spacial score (nSPS) is 10.4. The van der Waals surface area contributed by atoms with E-state index in [1.54, 1.807) is 17.9 Å². The van der Waals surface area contributed by atoms with Gasteiger partial charge in [-0.1, -0.05) is 36.4 Å². The van der Waals surface area contributed by atoms with E-state index in [-0.39, 0.29) is 5.91 Å². The lowest BCUT2D eigenvalue weighted by molar-refractivity contribution is -0.126. The van der Waals surface area contributed by atoms with Gasteiger partial charge in [-0.2, -0.15) is 0 Å². The molecule has 0 heterocycles.